The zero-order chi connectivity index (χ0) is 24.4. The number of ketones is 1. The number of nitrogens with one attached hydrogen (secondary N) is 1. The number of nitrogen functional groups attached to an aromatic ring is 1. The lowest BCUT2D eigenvalue weighted by molar-refractivity contribution is -0.265. The fourth-order valence-electron chi connectivity index (χ4n) is 4.50. The molecule has 2 aliphatic rings. The van der Waals surface area contributed by atoms with E-state index >= 15 is 0 Å². The Morgan fingerprint density at radius 1 is 0.857 bits per heavy atom. The lowest BCUT2D eigenvalue weighted by Gasteiger charge is -2.37. The van der Waals surface area contributed by atoms with Crippen molar-refractivity contribution in [1.82, 2.24) is 9.88 Å². The first-order valence-electron chi connectivity index (χ1n) is 11.7. The van der Waals surface area contributed by atoms with Crippen LogP contribution in [0.3, 0.4) is 0 Å². The zero-order valence-electron chi connectivity index (χ0n) is 19.3. The molecule has 0 atom stereocenters. The van der Waals surface area contributed by atoms with Gasteiger partial charge in [-0.25, -0.2) is 4.98 Å². The van der Waals surface area contributed by atoms with Crippen LogP contribution in [0.4, 0.5) is 32.8 Å². The molecule has 2 aromatic carbocycles. The summed E-state index contributed by atoms with van der Waals surface area (Å²) in [6.07, 6.45) is 1.29. The molecule has 10 heteroatoms. The van der Waals surface area contributed by atoms with Crippen molar-refractivity contribution in [2.45, 2.75) is 12.8 Å². The molecule has 0 aliphatic carbocycles. The molecule has 3 N–H and O–H groups in total. The van der Waals surface area contributed by atoms with Crippen LogP contribution >= 0.6 is 11.3 Å². The normalized spacial score (nSPS) is 15.9. The average Bonchev–Trinajstić information content (AvgIpc) is 3.54. The van der Waals surface area contributed by atoms with Crippen molar-refractivity contribution in [3.05, 3.63) is 59.0 Å². The van der Waals surface area contributed by atoms with E-state index in [0.29, 0.717) is 41.8 Å². The molecule has 0 radical (unpaired) electrons. The molecule has 2 fully saturated rings. The molecular formula is C25H27N6O3S-. The Hall–Kier alpha value is -3.79. The number of piperazine rings is 1. The van der Waals surface area contributed by atoms with Crippen molar-refractivity contribution in [3.8, 4) is 0 Å². The Balaban J connectivity index is 1.22. The van der Waals surface area contributed by atoms with Gasteiger partial charge in [0, 0.05) is 61.9 Å². The Morgan fingerprint density at radius 3 is 2.03 bits per heavy atom. The van der Waals surface area contributed by atoms with Crippen molar-refractivity contribution in [2.24, 2.45) is 0 Å². The Bertz CT molecular complexity index is 1200. The Morgan fingerprint density at radius 2 is 1.43 bits per heavy atom. The zero-order valence-corrected chi connectivity index (χ0v) is 20.1. The Labute approximate surface area is 207 Å². The van der Waals surface area contributed by atoms with Gasteiger partial charge in [-0.2, -0.15) is 0 Å². The fraction of sp³-hybridized carbons (Fsp3) is 0.320. The number of benzene rings is 2. The highest BCUT2D eigenvalue weighted by atomic mass is 32.1. The van der Waals surface area contributed by atoms with Crippen LogP contribution in [0.1, 0.15) is 28.1 Å². The molecule has 5 rings (SSSR count). The monoisotopic (exact) mass is 491 g/mol. The summed E-state index contributed by atoms with van der Waals surface area (Å²) in [5.74, 6) is 0.0839. The molecule has 3 aromatic rings. The van der Waals surface area contributed by atoms with Crippen molar-refractivity contribution >= 4 is 51.2 Å². The summed E-state index contributed by atoms with van der Waals surface area (Å²) in [4.78, 5) is 34.6. The van der Waals surface area contributed by atoms with Gasteiger partial charge in [-0.15, -0.1) is 0 Å². The van der Waals surface area contributed by atoms with Crippen LogP contribution in [0, 0.1) is 0 Å². The molecule has 9 nitrogen and oxygen atoms in total. The van der Waals surface area contributed by atoms with E-state index in [1.54, 1.807) is 0 Å². The van der Waals surface area contributed by atoms with E-state index in [1.165, 1.54) is 29.1 Å². The second kappa shape index (κ2) is 9.83. The first-order valence-corrected chi connectivity index (χ1v) is 12.5. The van der Waals surface area contributed by atoms with Gasteiger partial charge in [0.15, 0.2) is 5.13 Å². The number of anilines is 5. The lowest BCUT2D eigenvalue weighted by atomic mass is 10.1. The lowest BCUT2D eigenvalue weighted by Crippen LogP contribution is -2.52. The minimum Gasteiger partial charge on any atom is -0.530 e. The Kier molecular flexibility index (Phi) is 6.45. The number of thiazole rings is 1. The van der Waals surface area contributed by atoms with Gasteiger partial charge in [0.1, 0.15) is 16.8 Å². The largest absolute Gasteiger partial charge is 0.530 e. The fourth-order valence-corrected chi connectivity index (χ4v) is 5.37. The number of nitrogens with two attached hydrogens (primary N) is 1. The molecule has 2 saturated heterocycles. The molecule has 0 saturated carbocycles. The van der Waals surface area contributed by atoms with Gasteiger partial charge in [0.2, 0.25) is 5.78 Å². The summed E-state index contributed by atoms with van der Waals surface area (Å²) in [5, 5.41) is 14.8. The topological polar surface area (TPSA) is 118 Å². The number of hydrogen-bond donors (Lipinski definition) is 2. The summed E-state index contributed by atoms with van der Waals surface area (Å²) in [5.41, 5.74) is 9.67. The molecule has 1 aromatic heterocycles. The van der Waals surface area contributed by atoms with Crippen LogP contribution in [0.5, 0.6) is 0 Å². The quantitative estimate of drug-likeness (QED) is 0.506. The molecule has 0 unspecified atom stereocenters. The minimum atomic E-state index is -1.12. The van der Waals surface area contributed by atoms with Gasteiger partial charge in [-0.3, -0.25) is 4.79 Å². The predicted octanol–water partition coefficient (Wildman–Crippen LogP) is 2.77. The van der Waals surface area contributed by atoms with Crippen LogP contribution in [-0.4, -0.2) is 61.0 Å². The molecule has 1 amide bonds. The van der Waals surface area contributed by atoms with Gasteiger partial charge in [-0.1, -0.05) is 11.3 Å². The van der Waals surface area contributed by atoms with Crippen LogP contribution < -0.4 is 26.0 Å². The first kappa shape index (κ1) is 23.0. The van der Waals surface area contributed by atoms with E-state index in [1.807, 2.05) is 48.5 Å². The number of nitrogens with zero attached hydrogens (tertiary/aromatic N) is 4. The third-order valence-corrected chi connectivity index (χ3v) is 7.47. The van der Waals surface area contributed by atoms with E-state index in [2.05, 4.69) is 20.1 Å². The van der Waals surface area contributed by atoms with Crippen molar-refractivity contribution in [2.75, 3.05) is 60.1 Å². The van der Waals surface area contributed by atoms with Gasteiger partial charge in [-0.05, 0) is 61.4 Å². The maximum Gasteiger partial charge on any atom is 0.206 e. The summed E-state index contributed by atoms with van der Waals surface area (Å²) in [6, 6.07) is 15.5. The van der Waals surface area contributed by atoms with Gasteiger partial charge < -0.3 is 35.7 Å². The molecule has 2 aliphatic heterocycles. The number of carbonyl (C=O) groups is 2. The number of hydrogen-bond acceptors (Lipinski definition) is 9. The van der Waals surface area contributed by atoms with E-state index in [4.69, 9.17) is 5.73 Å². The van der Waals surface area contributed by atoms with Crippen molar-refractivity contribution in [1.29, 1.82) is 0 Å². The summed E-state index contributed by atoms with van der Waals surface area (Å²) in [6.45, 7) is 4.22. The molecular weight excluding hydrogens is 464 g/mol. The first-order chi connectivity index (χ1) is 17.0. The van der Waals surface area contributed by atoms with Crippen LogP contribution in [-0.2, 0) is 0 Å². The standard InChI is InChI=1S/C25H28N6O3S/c26-23-22(21(32)17-3-7-19(8-4-17)29-11-1-2-12-29)35-24(28-23)27-18-5-9-20(10-6-18)30-13-15-31(16-14-30)25(33)34/h3-10H,1-2,11-16,26H2,(H,27,28)(H,33,34)/p-1. The third-order valence-electron chi connectivity index (χ3n) is 6.48. The van der Waals surface area contributed by atoms with E-state index in [9.17, 15) is 14.7 Å². The highest BCUT2D eigenvalue weighted by Crippen LogP contribution is 2.31. The van der Waals surface area contributed by atoms with E-state index in [0.717, 1.165) is 30.2 Å². The SMILES string of the molecule is Nc1nc(Nc2ccc(N3CCN(C(=O)[O-])CC3)cc2)sc1C(=O)c1ccc(N2CCCC2)cc1. The predicted molar refractivity (Wildman–Crippen MR) is 137 cm³/mol. The minimum absolute atomic E-state index is 0.132. The van der Waals surface area contributed by atoms with Gasteiger partial charge >= 0.3 is 0 Å². The molecule has 0 bridgehead atoms. The number of carboxylic acid groups (broad SMARTS) is 1. The van der Waals surface area contributed by atoms with Gasteiger partial charge in [0.05, 0.1) is 0 Å². The smallest absolute Gasteiger partial charge is 0.206 e. The molecule has 3 heterocycles. The number of rotatable bonds is 6. The number of aromatic nitrogens is 1. The van der Waals surface area contributed by atoms with Crippen LogP contribution in [0.25, 0.3) is 0 Å². The summed E-state index contributed by atoms with van der Waals surface area (Å²) >= 11 is 1.24. The molecule has 182 valence electrons. The van der Waals surface area contributed by atoms with E-state index in [-0.39, 0.29) is 11.6 Å². The third kappa shape index (κ3) is 5.02. The second-order valence-electron chi connectivity index (χ2n) is 8.72. The van der Waals surface area contributed by atoms with Crippen molar-refractivity contribution in [3.63, 3.8) is 0 Å². The maximum atomic E-state index is 13.0. The highest BCUT2D eigenvalue weighted by Gasteiger charge is 2.20. The highest BCUT2D eigenvalue weighted by molar-refractivity contribution is 7.18. The van der Waals surface area contributed by atoms with Crippen LogP contribution in [0.15, 0.2) is 48.5 Å². The van der Waals surface area contributed by atoms with Crippen LogP contribution in [0.2, 0.25) is 0 Å². The van der Waals surface area contributed by atoms with Gasteiger partial charge in [0.25, 0.3) is 0 Å². The maximum absolute atomic E-state index is 13.0. The average molecular weight is 492 g/mol. The summed E-state index contributed by atoms with van der Waals surface area (Å²) < 4.78 is 0. The van der Waals surface area contributed by atoms with E-state index < -0.39 is 6.09 Å². The second-order valence-corrected chi connectivity index (χ2v) is 9.71. The number of carbonyl (C=O) groups excluding carboxylic acids is 2. The molecule has 0 spiro atoms. The van der Waals surface area contributed by atoms with Crippen molar-refractivity contribution < 1.29 is 14.7 Å². The number of amides is 1. The molecule has 35 heavy (non-hydrogen) atoms. The summed E-state index contributed by atoms with van der Waals surface area (Å²) in [7, 11) is 0.